The van der Waals surface area contributed by atoms with Gasteiger partial charge >= 0.3 is 0 Å². The van der Waals surface area contributed by atoms with Gasteiger partial charge in [-0.1, -0.05) is 19.1 Å². The molecule has 5 atom stereocenters. The lowest BCUT2D eigenvalue weighted by atomic mass is 9.67. The zero-order valence-corrected chi connectivity index (χ0v) is 14.0. The molecule has 126 valence electrons. The van der Waals surface area contributed by atoms with Crippen LogP contribution < -0.4 is 10.6 Å². The Labute approximate surface area is 136 Å². The molecule has 3 rings (SSSR count). The van der Waals surface area contributed by atoms with Crippen molar-refractivity contribution < 1.29 is 9.59 Å². The van der Waals surface area contributed by atoms with E-state index >= 15 is 0 Å². The summed E-state index contributed by atoms with van der Waals surface area (Å²) >= 11 is 0. The van der Waals surface area contributed by atoms with Gasteiger partial charge in [-0.15, -0.1) is 5.10 Å². The first-order chi connectivity index (χ1) is 11.0. The van der Waals surface area contributed by atoms with Gasteiger partial charge in [-0.2, -0.15) is 0 Å². The Morgan fingerprint density at radius 1 is 1.48 bits per heavy atom. The number of piperidine rings is 1. The lowest BCUT2D eigenvalue weighted by Gasteiger charge is -2.46. The van der Waals surface area contributed by atoms with E-state index in [0.29, 0.717) is 17.5 Å². The highest BCUT2D eigenvalue weighted by atomic mass is 16.2. The first-order valence-corrected chi connectivity index (χ1v) is 8.47. The fourth-order valence-corrected chi connectivity index (χ4v) is 4.22. The molecule has 7 nitrogen and oxygen atoms in total. The third-order valence-corrected chi connectivity index (χ3v) is 5.49. The van der Waals surface area contributed by atoms with Gasteiger partial charge in [0.05, 0.1) is 6.20 Å². The largest absolute Gasteiger partial charge is 0.353 e. The fourth-order valence-electron chi connectivity index (χ4n) is 4.22. The SMILES string of the molecule is CCC1C(=O)NC2CC(NC(=O)c3cn(C)nn3)CCC2C1C. The van der Waals surface area contributed by atoms with Crippen LogP contribution in [0.25, 0.3) is 0 Å². The zero-order chi connectivity index (χ0) is 16.6. The van der Waals surface area contributed by atoms with Gasteiger partial charge in [0, 0.05) is 25.0 Å². The van der Waals surface area contributed by atoms with Crippen molar-refractivity contribution in [1.82, 2.24) is 25.6 Å². The average Bonchev–Trinajstić information content (AvgIpc) is 2.94. The number of fused-ring (bicyclic) bond motifs is 1. The van der Waals surface area contributed by atoms with Crippen LogP contribution in [0.3, 0.4) is 0 Å². The molecule has 7 heteroatoms. The minimum atomic E-state index is -0.192. The number of aromatic nitrogens is 3. The van der Waals surface area contributed by atoms with E-state index in [1.54, 1.807) is 13.2 Å². The minimum absolute atomic E-state index is 0.0800. The summed E-state index contributed by atoms with van der Waals surface area (Å²) in [5.74, 6) is 1.03. The van der Waals surface area contributed by atoms with E-state index in [9.17, 15) is 9.59 Å². The third kappa shape index (κ3) is 3.09. The molecule has 2 aliphatic rings. The Balaban J connectivity index is 1.62. The van der Waals surface area contributed by atoms with Gasteiger partial charge in [-0.05, 0) is 37.5 Å². The molecule has 1 aromatic rings. The Morgan fingerprint density at radius 3 is 2.91 bits per heavy atom. The molecule has 5 unspecified atom stereocenters. The number of hydrogen-bond acceptors (Lipinski definition) is 4. The van der Waals surface area contributed by atoms with Crippen molar-refractivity contribution in [3.8, 4) is 0 Å². The highest BCUT2D eigenvalue weighted by Crippen LogP contribution is 2.38. The standard InChI is InChI=1S/C16H25N5O2/c1-4-11-9(2)12-6-5-10(7-13(12)18-15(11)22)17-16(23)14-8-21(3)20-19-14/h8-13H,4-7H2,1-3H3,(H,17,23)(H,18,22). The smallest absolute Gasteiger partial charge is 0.273 e. The summed E-state index contributed by atoms with van der Waals surface area (Å²) in [5.41, 5.74) is 0.335. The number of aryl methyl sites for hydroxylation is 1. The van der Waals surface area contributed by atoms with Crippen LogP contribution in [0.15, 0.2) is 6.20 Å². The lowest BCUT2D eigenvalue weighted by Crippen LogP contribution is -2.58. The predicted octanol–water partition coefficient (Wildman–Crippen LogP) is 0.874. The molecule has 1 aromatic heterocycles. The van der Waals surface area contributed by atoms with Crippen molar-refractivity contribution in [1.29, 1.82) is 0 Å². The maximum Gasteiger partial charge on any atom is 0.273 e. The maximum atomic E-state index is 12.2. The van der Waals surface area contributed by atoms with E-state index in [0.717, 1.165) is 25.7 Å². The van der Waals surface area contributed by atoms with Crippen LogP contribution in [-0.2, 0) is 11.8 Å². The van der Waals surface area contributed by atoms with Gasteiger partial charge < -0.3 is 10.6 Å². The van der Waals surface area contributed by atoms with E-state index in [-0.39, 0.29) is 29.8 Å². The first kappa shape index (κ1) is 16.0. The van der Waals surface area contributed by atoms with Crippen LogP contribution in [0.4, 0.5) is 0 Å². The van der Waals surface area contributed by atoms with Crippen LogP contribution in [0, 0.1) is 17.8 Å². The number of nitrogens with zero attached hydrogens (tertiary/aromatic N) is 3. The monoisotopic (exact) mass is 319 g/mol. The minimum Gasteiger partial charge on any atom is -0.353 e. The summed E-state index contributed by atoms with van der Waals surface area (Å²) in [4.78, 5) is 24.4. The lowest BCUT2D eigenvalue weighted by molar-refractivity contribution is -0.133. The highest BCUT2D eigenvalue weighted by molar-refractivity contribution is 5.92. The molecule has 2 fully saturated rings. The Morgan fingerprint density at radius 2 is 2.26 bits per heavy atom. The van der Waals surface area contributed by atoms with Crippen LogP contribution in [0.2, 0.25) is 0 Å². The average molecular weight is 319 g/mol. The normalized spacial score (nSPS) is 33.7. The highest BCUT2D eigenvalue weighted by Gasteiger charge is 2.43. The third-order valence-electron chi connectivity index (χ3n) is 5.49. The van der Waals surface area contributed by atoms with Gasteiger partial charge in [0.2, 0.25) is 5.91 Å². The van der Waals surface area contributed by atoms with Gasteiger partial charge in [-0.25, -0.2) is 0 Å². The van der Waals surface area contributed by atoms with Crippen LogP contribution in [0.1, 0.15) is 50.0 Å². The predicted molar refractivity (Wildman–Crippen MR) is 84.5 cm³/mol. The number of carbonyl (C=O) groups is 2. The van der Waals surface area contributed by atoms with Crippen LogP contribution >= 0.6 is 0 Å². The molecule has 1 aliphatic carbocycles. The van der Waals surface area contributed by atoms with Crippen molar-refractivity contribution in [3.05, 3.63) is 11.9 Å². The van der Waals surface area contributed by atoms with Crippen molar-refractivity contribution in [3.63, 3.8) is 0 Å². The first-order valence-electron chi connectivity index (χ1n) is 8.47. The van der Waals surface area contributed by atoms with E-state index in [2.05, 4.69) is 34.8 Å². The summed E-state index contributed by atoms with van der Waals surface area (Å²) in [7, 11) is 1.73. The molecule has 1 aliphatic heterocycles. The van der Waals surface area contributed by atoms with Crippen molar-refractivity contribution in [2.45, 2.75) is 51.6 Å². The zero-order valence-electron chi connectivity index (χ0n) is 14.0. The molecule has 23 heavy (non-hydrogen) atoms. The Kier molecular flexibility index (Phi) is 4.37. The van der Waals surface area contributed by atoms with E-state index in [1.807, 2.05) is 0 Å². The molecule has 2 amide bonds. The Hall–Kier alpha value is -1.92. The van der Waals surface area contributed by atoms with E-state index in [4.69, 9.17) is 0 Å². The topological polar surface area (TPSA) is 88.9 Å². The van der Waals surface area contributed by atoms with Crippen molar-refractivity contribution in [2.24, 2.45) is 24.8 Å². The molecule has 0 radical (unpaired) electrons. The van der Waals surface area contributed by atoms with Gasteiger partial charge in [0.1, 0.15) is 0 Å². The molecule has 1 saturated heterocycles. The van der Waals surface area contributed by atoms with Gasteiger partial charge in [0.15, 0.2) is 5.69 Å². The van der Waals surface area contributed by atoms with E-state index in [1.165, 1.54) is 4.68 Å². The summed E-state index contributed by atoms with van der Waals surface area (Å²) in [6, 6.07) is 0.248. The number of nitrogens with one attached hydrogen (secondary N) is 2. The molecule has 0 aromatic carbocycles. The molecular weight excluding hydrogens is 294 g/mol. The molecule has 0 spiro atoms. The fraction of sp³-hybridized carbons (Fsp3) is 0.750. The summed E-state index contributed by atoms with van der Waals surface area (Å²) < 4.78 is 1.51. The van der Waals surface area contributed by atoms with Crippen molar-refractivity contribution >= 4 is 11.8 Å². The molecular formula is C16H25N5O2. The number of rotatable bonds is 3. The quantitative estimate of drug-likeness (QED) is 0.865. The molecule has 2 heterocycles. The second-order valence-corrected chi connectivity index (χ2v) is 6.91. The number of carbonyl (C=O) groups excluding carboxylic acids is 2. The molecule has 0 bridgehead atoms. The van der Waals surface area contributed by atoms with Crippen LogP contribution in [-0.4, -0.2) is 38.9 Å². The summed E-state index contributed by atoms with van der Waals surface area (Å²) in [6.07, 6.45) is 5.28. The van der Waals surface area contributed by atoms with Gasteiger partial charge in [-0.3, -0.25) is 14.3 Å². The summed E-state index contributed by atoms with van der Waals surface area (Å²) in [5, 5.41) is 13.8. The number of amides is 2. The van der Waals surface area contributed by atoms with Crippen molar-refractivity contribution in [2.75, 3.05) is 0 Å². The maximum absolute atomic E-state index is 12.2. The summed E-state index contributed by atoms with van der Waals surface area (Å²) in [6.45, 7) is 4.27. The Bertz CT molecular complexity index is 599. The van der Waals surface area contributed by atoms with Crippen LogP contribution in [0.5, 0.6) is 0 Å². The van der Waals surface area contributed by atoms with Gasteiger partial charge in [0.25, 0.3) is 5.91 Å². The molecule has 2 N–H and O–H groups in total. The van der Waals surface area contributed by atoms with E-state index < -0.39 is 0 Å². The second-order valence-electron chi connectivity index (χ2n) is 6.91. The second kappa shape index (κ2) is 6.29. The molecule has 1 saturated carbocycles. The number of hydrogen-bond donors (Lipinski definition) is 2.